The van der Waals surface area contributed by atoms with E-state index in [1.165, 1.54) is 36.9 Å². The molecule has 4 rings (SSSR count). The molecule has 188 valence electrons. The normalized spacial score (nSPS) is 14.9. The van der Waals surface area contributed by atoms with E-state index in [2.05, 4.69) is 20.0 Å². The maximum Gasteiger partial charge on any atom is 0.262 e. The van der Waals surface area contributed by atoms with Gasteiger partial charge in [0, 0.05) is 17.9 Å². The molecule has 1 aromatic heterocycles. The Labute approximate surface area is 213 Å². The summed E-state index contributed by atoms with van der Waals surface area (Å²) in [4.78, 5) is 35.0. The molecule has 0 bridgehead atoms. The Balaban J connectivity index is 1.58. The molecule has 2 amide bonds. The number of amides is 2. The first-order valence-corrected chi connectivity index (χ1v) is 13.6. The second kappa shape index (κ2) is 10.6. The Morgan fingerprint density at radius 3 is 2.14 bits per heavy atom. The molecule has 0 spiro atoms. The van der Waals surface area contributed by atoms with Crippen LogP contribution in [-0.4, -0.2) is 58.2 Å². The van der Waals surface area contributed by atoms with Gasteiger partial charge < -0.3 is 10.4 Å². The summed E-state index contributed by atoms with van der Waals surface area (Å²) in [7, 11) is -4.26. The molecule has 0 fully saturated rings. The van der Waals surface area contributed by atoms with Crippen molar-refractivity contribution in [3.63, 3.8) is 0 Å². The molecule has 0 aliphatic carbocycles. The summed E-state index contributed by atoms with van der Waals surface area (Å²) in [5.41, 5.74) is 1.36. The van der Waals surface area contributed by atoms with E-state index in [1.807, 2.05) is 30.3 Å². The highest BCUT2D eigenvalue weighted by Gasteiger charge is 2.43. The zero-order valence-electron chi connectivity index (χ0n) is 19.6. The third-order valence-corrected chi connectivity index (χ3v) is 7.99. The van der Waals surface area contributed by atoms with Crippen LogP contribution < -0.4 is 10.0 Å². The minimum absolute atomic E-state index is 0.0309. The van der Waals surface area contributed by atoms with Gasteiger partial charge in [-0.15, -0.1) is 0 Å². The van der Waals surface area contributed by atoms with Crippen LogP contribution in [0.15, 0.2) is 65.8 Å². The van der Waals surface area contributed by atoms with Gasteiger partial charge in [0.15, 0.2) is 10.5 Å². The number of anilines is 2. The fourth-order valence-electron chi connectivity index (χ4n) is 3.54. The molecule has 1 aliphatic rings. The number of benzene rings is 2. The summed E-state index contributed by atoms with van der Waals surface area (Å²) in [5, 5.41) is 11.2. The molecule has 3 aromatic rings. The summed E-state index contributed by atoms with van der Waals surface area (Å²) in [5.74, 6) is -0.508. The van der Waals surface area contributed by atoms with Crippen molar-refractivity contribution in [3.05, 3.63) is 77.4 Å². The van der Waals surface area contributed by atoms with Crippen LogP contribution in [0.5, 0.6) is 0 Å². The summed E-state index contributed by atoms with van der Waals surface area (Å²) < 4.78 is 28.8. The molecular weight excluding hydrogens is 502 g/mol. The Bertz CT molecular complexity index is 1350. The van der Waals surface area contributed by atoms with E-state index in [1.54, 1.807) is 19.1 Å². The van der Waals surface area contributed by atoms with Gasteiger partial charge in [0.05, 0.1) is 17.7 Å². The van der Waals surface area contributed by atoms with Crippen molar-refractivity contribution in [2.45, 2.75) is 36.2 Å². The van der Waals surface area contributed by atoms with Gasteiger partial charge in [-0.3, -0.25) is 19.2 Å². The van der Waals surface area contributed by atoms with E-state index in [9.17, 15) is 23.1 Å². The van der Waals surface area contributed by atoms with Crippen molar-refractivity contribution in [2.24, 2.45) is 0 Å². The number of sulfonamides is 1. The van der Waals surface area contributed by atoms with Crippen molar-refractivity contribution in [2.75, 3.05) is 16.6 Å². The molecule has 2 heterocycles. The number of nitrogens with zero attached hydrogens (tertiary/aromatic N) is 3. The molecule has 2 aromatic carbocycles. The lowest BCUT2D eigenvalue weighted by molar-refractivity contribution is 0.0640. The van der Waals surface area contributed by atoms with Gasteiger partial charge in [-0.05, 0) is 31.5 Å². The zero-order valence-corrected chi connectivity index (χ0v) is 21.2. The number of thioether (sulfide) groups is 1. The molecular formula is C24H25N5O5S2. The van der Waals surface area contributed by atoms with Crippen molar-refractivity contribution in [1.29, 1.82) is 0 Å². The maximum atomic E-state index is 13.2. The number of carbonyl (C=O) groups is 2. The molecule has 0 radical (unpaired) electrons. The van der Waals surface area contributed by atoms with Crippen molar-refractivity contribution in [1.82, 2.24) is 14.9 Å². The highest BCUT2D eigenvalue weighted by molar-refractivity contribution is 7.98. The first-order chi connectivity index (χ1) is 17.2. The highest BCUT2D eigenvalue weighted by Crippen LogP contribution is 2.28. The number of aromatic nitrogens is 2. The van der Waals surface area contributed by atoms with Crippen molar-refractivity contribution >= 4 is 45.2 Å². The number of hydrogen-bond acceptors (Lipinski definition) is 9. The van der Waals surface area contributed by atoms with Crippen LogP contribution in [0.3, 0.4) is 0 Å². The van der Waals surface area contributed by atoms with Crippen LogP contribution in [0.25, 0.3) is 0 Å². The van der Waals surface area contributed by atoms with Crippen LogP contribution in [0, 0.1) is 0 Å². The molecule has 0 saturated carbocycles. The number of imide groups is 1. The van der Waals surface area contributed by atoms with Crippen LogP contribution >= 0.6 is 11.8 Å². The predicted octanol–water partition coefficient (Wildman–Crippen LogP) is 2.95. The van der Waals surface area contributed by atoms with Crippen LogP contribution in [-0.2, 0) is 15.8 Å². The van der Waals surface area contributed by atoms with E-state index >= 15 is 0 Å². The lowest BCUT2D eigenvalue weighted by atomic mass is 10.1. The number of fused-ring (bicyclic) bond motifs is 1. The number of hydrogen-bond donors (Lipinski definition) is 3. The lowest BCUT2D eigenvalue weighted by Gasteiger charge is -2.23. The zero-order chi connectivity index (χ0) is 25.9. The largest absolute Gasteiger partial charge is 0.394 e. The van der Waals surface area contributed by atoms with Gasteiger partial charge >= 0.3 is 0 Å². The first-order valence-electron chi connectivity index (χ1n) is 11.1. The molecule has 2 atom stereocenters. The van der Waals surface area contributed by atoms with E-state index in [0.717, 1.165) is 10.5 Å². The van der Waals surface area contributed by atoms with E-state index in [4.69, 9.17) is 0 Å². The van der Waals surface area contributed by atoms with Gasteiger partial charge in [0.1, 0.15) is 11.6 Å². The minimum Gasteiger partial charge on any atom is -0.394 e. The monoisotopic (exact) mass is 527 g/mol. The third-order valence-electron chi connectivity index (χ3n) is 5.47. The second-order valence-electron chi connectivity index (χ2n) is 8.20. The first kappa shape index (κ1) is 25.6. The Kier molecular flexibility index (Phi) is 7.57. The van der Waals surface area contributed by atoms with Gasteiger partial charge in [-0.1, -0.05) is 54.2 Å². The fourth-order valence-corrected chi connectivity index (χ4v) is 5.39. The van der Waals surface area contributed by atoms with E-state index in [0.29, 0.717) is 16.7 Å². The standard InChI is InChI=1S/C24H25N5O5S2/c1-15(13-30)25-20-12-21(27-24(26-20)35-14-17-8-4-3-5-9-17)28-36(33,34)16(2)29-22(31)18-10-6-7-11-19(18)23(29)32/h3-12,15-16,30H,13-14H2,1-2H3,(H2,25,26,27,28)/t15-,16+/m1/s1. The van der Waals surface area contributed by atoms with Gasteiger partial charge in [-0.25, -0.2) is 18.4 Å². The summed E-state index contributed by atoms with van der Waals surface area (Å²) in [6.07, 6.45) is 0. The number of carbonyl (C=O) groups excluding carboxylic acids is 2. The summed E-state index contributed by atoms with van der Waals surface area (Å²) in [6, 6.07) is 16.9. The van der Waals surface area contributed by atoms with Gasteiger partial charge in [0.2, 0.25) is 0 Å². The Morgan fingerprint density at radius 1 is 0.944 bits per heavy atom. The van der Waals surface area contributed by atoms with Crippen molar-refractivity contribution in [3.8, 4) is 0 Å². The average molecular weight is 528 g/mol. The van der Waals surface area contributed by atoms with Crippen LogP contribution in [0.4, 0.5) is 11.6 Å². The molecule has 36 heavy (non-hydrogen) atoms. The molecule has 10 nitrogen and oxygen atoms in total. The van der Waals surface area contributed by atoms with Crippen LogP contribution in [0.2, 0.25) is 0 Å². The smallest absolute Gasteiger partial charge is 0.262 e. The Morgan fingerprint density at radius 2 is 1.53 bits per heavy atom. The lowest BCUT2D eigenvalue weighted by Crippen LogP contribution is -2.45. The Hall–Kier alpha value is -3.48. The minimum atomic E-state index is -4.26. The SMILES string of the molecule is C[C@H](CO)Nc1cc(NS(=O)(=O)[C@@H](C)N2C(=O)c3ccccc3C2=O)nc(SCc2ccccc2)n1. The highest BCUT2D eigenvalue weighted by atomic mass is 32.2. The number of rotatable bonds is 10. The van der Waals surface area contributed by atoms with E-state index in [-0.39, 0.29) is 29.6 Å². The maximum absolute atomic E-state index is 13.2. The van der Waals surface area contributed by atoms with Gasteiger partial charge in [0.25, 0.3) is 21.8 Å². The second-order valence-corrected chi connectivity index (χ2v) is 11.1. The molecule has 1 aliphatic heterocycles. The summed E-state index contributed by atoms with van der Waals surface area (Å²) in [6.45, 7) is 2.85. The van der Waals surface area contributed by atoms with E-state index < -0.39 is 27.2 Å². The molecule has 12 heteroatoms. The van der Waals surface area contributed by atoms with Gasteiger partial charge in [-0.2, -0.15) is 0 Å². The number of aliphatic hydroxyl groups excluding tert-OH is 1. The number of nitrogens with one attached hydrogen (secondary N) is 2. The number of aliphatic hydroxyl groups is 1. The average Bonchev–Trinajstić information content (AvgIpc) is 3.12. The molecule has 0 saturated heterocycles. The summed E-state index contributed by atoms with van der Waals surface area (Å²) >= 11 is 1.31. The molecule has 3 N–H and O–H groups in total. The van der Waals surface area contributed by atoms with Crippen LogP contribution in [0.1, 0.15) is 40.1 Å². The quantitative estimate of drug-likeness (QED) is 0.206. The predicted molar refractivity (Wildman–Crippen MR) is 137 cm³/mol. The third kappa shape index (κ3) is 5.50. The molecule has 0 unspecified atom stereocenters. The van der Waals surface area contributed by atoms with Crippen molar-refractivity contribution < 1.29 is 23.1 Å². The fraction of sp³-hybridized carbons (Fsp3) is 0.250. The topological polar surface area (TPSA) is 142 Å².